The Hall–Kier alpha value is -1.53. The summed E-state index contributed by atoms with van der Waals surface area (Å²) in [6.07, 6.45) is 2.58. The minimum Gasteiger partial charge on any atom is -0.351 e. The van der Waals surface area contributed by atoms with E-state index in [2.05, 4.69) is 11.9 Å². The van der Waals surface area contributed by atoms with Gasteiger partial charge in [0.05, 0.1) is 11.9 Å². The molecule has 0 aliphatic carbocycles. The molecule has 0 spiro atoms. The lowest BCUT2D eigenvalue weighted by Gasteiger charge is -2.23. The molecule has 0 radical (unpaired) electrons. The predicted molar refractivity (Wildman–Crippen MR) is 81.6 cm³/mol. The number of carbonyl (C=O) groups is 1. The van der Waals surface area contributed by atoms with Crippen LogP contribution < -0.4 is 9.62 Å². The Morgan fingerprint density at radius 3 is 2.65 bits per heavy atom. The summed E-state index contributed by atoms with van der Waals surface area (Å²) >= 11 is 5.85. The van der Waals surface area contributed by atoms with E-state index in [1.54, 1.807) is 25.1 Å². The zero-order chi connectivity index (χ0) is 15.3. The van der Waals surface area contributed by atoms with Crippen LogP contribution >= 0.6 is 11.6 Å². The zero-order valence-corrected chi connectivity index (χ0v) is 13.0. The van der Waals surface area contributed by atoms with E-state index in [0.29, 0.717) is 16.3 Å². The van der Waals surface area contributed by atoms with Crippen molar-refractivity contribution in [3.8, 4) is 0 Å². The van der Waals surface area contributed by atoms with Crippen LogP contribution in [0.15, 0.2) is 30.9 Å². The fraction of sp³-hybridized carbons (Fsp3) is 0.308. The monoisotopic (exact) mass is 316 g/mol. The van der Waals surface area contributed by atoms with Gasteiger partial charge in [-0.2, -0.15) is 0 Å². The van der Waals surface area contributed by atoms with Gasteiger partial charge in [-0.25, -0.2) is 8.42 Å². The zero-order valence-electron chi connectivity index (χ0n) is 11.4. The van der Waals surface area contributed by atoms with E-state index < -0.39 is 15.9 Å². The molecule has 0 bridgehead atoms. The van der Waals surface area contributed by atoms with Gasteiger partial charge >= 0.3 is 0 Å². The van der Waals surface area contributed by atoms with Crippen LogP contribution in [0, 0.1) is 6.92 Å². The van der Waals surface area contributed by atoms with Gasteiger partial charge in [-0.05, 0) is 30.7 Å². The van der Waals surface area contributed by atoms with E-state index in [9.17, 15) is 13.2 Å². The number of anilines is 1. The maximum absolute atomic E-state index is 11.9. The van der Waals surface area contributed by atoms with Gasteiger partial charge in [0.25, 0.3) is 0 Å². The molecule has 0 fully saturated rings. The molecular weight excluding hydrogens is 300 g/mol. The SMILES string of the molecule is C=CCNC(=O)CN(c1ccc(Cl)cc1C)S(C)(=O)=O. The predicted octanol–water partition coefficient (Wildman–Crippen LogP) is 1.72. The van der Waals surface area contributed by atoms with Crippen LogP contribution in [0.25, 0.3) is 0 Å². The second kappa shape index (κ2) is 6.76. The minimum absolute atomic E-state index is 0.283. The van der Waals surface area contributed by atoms with Crippen molar-refractivity contribution in [1.29, 1.82) is 0 Å². The van der Waals surface area contributed by atoms with Crippen molar-refractivity contribution < 1.29 is 13.2 Å². The summed E-state index contributed by atoms with van der Waals surface area (Å²) in [5.74, 6) is -0.398. The molecule has 0 saturated carbocycles. The van der Waals surface area contributed by atoms with Crippen LogP contribution in [0.5, 0.6) is 0 Å². The Labute approximate surface area is 124 Å². The average molecular weight is 317 g/mol. The molecule has 0 aromatic heterocycles. The second-order valence-corrected chi connectivity index (χ2v) is 6.64. The Balaban J connectivity index is 3.08. The van der Waals surface area contributed by atoms with Crippen molar-refractivity contribution >= 4 is 33.2 Å². The molecule has 5 nitrogen and oxygen atoms in total. The fourth-order valence-corrected chi connectivity index (χ4v) is 2.79. The number of benzene rings is 1. The summed E-state index contributed by atoms with van der Waals surface area (Å²) in [5.41, 5.74) is 1.12. The Kier molecular flexibility index (Phi) is 5.59. The second-order valence-electron chi connectivity index (χ2n) is 4.29. The van der Waals surface area contributed by atoms with Gasteiger partial charge in [0.2, 0.25) is 15.9 Å². The Bertz CT molecular complexity index is 614. The third-order valence-corrected chi connectivity index (χ3v) is 3.92. The standard InChI is InChI=1S/C13H17ClN2O3S/c1-4-7-15-13(17)9-16(20(3,18)19)12-6-5-11(14)8-10(12)2/h4-6,8H,1,7,9H2,2-3H3,(H,15,17). The first kappa shape index (κ1) is 16.5. The van der Waals surface area contributed by atoms with E-state index in [-0.39, 0.29) is 13.1 Å². The smallest absolute Gasteiger partial charge is 0.241 e. The molecule has 1 aromatic rings. The number of sulfonamides is 1. The van der Waals surface area contributed by atoms with Gasteiger partial charge in [0, 0.05) is 11.6 Å². The molecule has 1 rings (SSSR count). The lowest BCUT2D eigenvalue weighted by atomic mass is 10.2. The quantitative estimate of drug-likeness (QED) is 0.813. The third-order valence-electron chi connectivity index (χ3n) is 2.56. The molecule has 0 atom stereocenters. The van der Waals surface area contributed by atoms with E-state index >= 15 is 0 Å². The van der Waals surface area contributed by atoms with E-state index in [4.69, 9.17) is 11.6 Å². The molecule has 0 saturated heterocycles. The summed E-state index contributed by atoms with van der Waals surface area (Å²) in [4.78, 5) is 11.7. The van der Waals surface area contributed by atoms with Gasteiger partial charge in [0.15, 0.2) is 0 Å². The summed E-state index contributed by atoms with van der Waals surface area (Å²) in [5, 5.41) is 3.06. The lowest BCUT2D eigenvalue weighted by Crippen LogP contribution is -2.40. The van der Waals surface area contributed by atoms with Crippen LogP contribution in [-0.4, -0.2) is 33.7 Å². The molecule has 7 heteroatoms. The first-order valence-corrected chi connectivity index (χ1v) is 8.10. The molecule has 0 heterocycles. The number of hydrogen-bond acceptors (Lipinski definition) is 3. The molecule has 0 unspecified atom stereocenters. The normalized spacial score (nSPS) is 10.9. The number of aryl methyl sites for hydroxylation is 1. The number of hydrogen-bond donors (Lipinski definition) is 1. The maximum Gasteiger partial charge on any atom is 0.241 e. The first-order chi connectivity index (χ1) is 9.25. The molecule has 0 aliphatic rings. The van der Waals surface area contributed by atoms with Crippen molar-refractivity contribution in [3.05, 3.63) is 41.4 Å². The van der Waals surface area contributed by atoms with Crippen LogP contribution in [-0.2, 0) is 14.8 Å². The highest BCUT2D eigenvalue weighted by Crippen LogP contribution is 2.25. The van der Waals surface area contributed by atoms with Crippen LogP contribution in [0.2, 0.25) is 5.02 Å². The van der Waals surface area contributed by atoms with Crippen LogP contribution in [0.1, 0.15) is 5.56 Å². The van der Waals surface area contributed by atoms with E-state index in [0.717, 1.165) is 10.6 Å². The molecule has 1 amide bonds. The molecule has 110 valence electrons. The summed E-state index contributed by atoms with van der Waals surface area (Å²) < 4.78 is 24.8. The summed E-state index contributed by atoms with van der Waals surface area (Å²) in [7, 11) is -3.57. The van der Waals surface area contributed by atoms with Crippen molar-refractivity contribution in [2.24, 2.45) is 0 Å². The van der Waals surface area contributed by atoms with Gasteiger partial charge < -0.3 is 5.32 Å². The van der Waals surface area contributed by atoms with Gasteiger partial charge in [-0.3, -0.25) is 9.10 Å². The molecule has 0 aliphatic heterocycles. The molecule has 1 aromatic carbocycles. The molecular formula is C13H17ClN2O3S. The maximum atomic E-state index is 11.9. The Morgan fingerprint density at radius 1 is 1.50 bits per heavy atom. The van der Waals surface area contributed by atoms with Gasteiger partial charge in [-0.15, -0.1) is 6.58 Å². The van der Waals surface area contributed by atoms with Crippen molar-refractivity contribution in [2.75, 3.05) is 23.7 Å². The van der Waals surface area contributed by atoms with Crippen molar-refractivity contribution in [3.63, 3.8) is 0 Å². The minimum atomic E-state index is -3.57. The van der Waals surface area contributed by atoms with Crippen molar-refractivity contribution in [2.45, 2.75) is 6.92 Å². The van der Waals surface area contributed by atoms with Crippen molar-refractivity contribution in [1.82, 2.24) is 5.32 Å². The number of rotatable bonds is 6. The number of nitrogens with zero attached hydrogens (tertiary/aromatic N) is 1. The van der Waals surface area contributed by atoms with Gasteiger partial charge in [0.1, 0.15) is 6.54 Å². The number of carbonyl (C=O) groups excluding carboxylic acids is 1. The highest BCUT2D eigenvalue weighted by atomic mass is 35.5. The van der Waals surface area contributed by atoms with E-state index in [1.807, 2.05) is 0 Å². The number of halogens is 1. The summed E-state index contributed by atoms with van der Waals surface area (Å²) in [6, 6.07) is 4.82. The lowest BCUT2D eigenvalue weighted by molar-refractivity contribution is -0.119. The highest BCUT2D eigenvalue weighted by Gasteiger charge is 2.22. The first-order valence-electron chi connectivity index (χ1n) is 5.87. The van der Waals surface area contributed by atoms with Crippen LogP contribution in [0.4, 0.5) is 5.69 Å². The van der Waals surface area contributed by atoms with Gasteiger partial charge in [-0.1, -0.05) is 17.7 Å². The third kappa shape index (κ3) is 4.54. The largest absolute Gasteiger partial charge is 0.351 e. The topological polar surface area (TPSA) is 66.5 Å². The fourth-order valence-electron chi connectivity index (χ4n) is 1.65. The molecule has 1 N–H and O–H groups in total. The Morgan fingerprint density at radius 2 is 2.15 bits per heavy atom. The number of amides is 1. The average Bonchev–Trinajstić information content (AvgIpc) is 2.33. The highest BCUT2D eigenvalue weighted by molar-refractivity contribution is 7.92. The summed E-state index contributed by atoms with van der Waals surface area (Å²) in [6.45, 7) is 5.22. The van der Waals surface area contributed by atoms with E-state index in [1.165, 1.54) is 6.08 Å². The number of nitrogens with one attached hydrogen (secondary N) is 1. The van der Waals surface area contributed by atoms with Crippen LogP contribution in [0.3, 0.4) is 0 Å². The molecule has 20 heavy (non-hydrogen) atoms.